The molecular weight excluding hydrogens is 293 g/mol. The third-order valence-corrected chi connectivity index (χ3v) is 2.20. The predicted octanol–water partition coefficient (Wildman–Crippen LogP) is 2.57. The van der Waals surface area contributed by atoms with E-state index in [1.807, 2.05) is 0 Å². The quantitative estimate of drug-likeness (QED) is 0.705. The molecular formula is C12H13F3N2O4. The Morgan fingerprint density at radius 2 is 1.81 bits per heavy atom. The predicted molar refractivity (Wildman–Crippen MR) is 67.0 cm³/mol. The maximum Gasteiger partial charge on any atom is 0.573 e. The van der Waals surface area contributed by atoms with Crippen molar-refractivity contribution in [3.63, 3.8) is 0 Å². The number of carbonyl (C=O) groups is 2. The molecule has 0 heterocycles. The fraction of sp³-hybridized carbons (Fsp3) is 0.333. The van der Waals surface area contributed by atoms with Crippen LogP contribution in [0.25, 0.3) is 0 Å². The summed E-state index contributed by atoms with van der Waals surface area (Å²) in [7, 11) is 0. The van der Waals surface area contributed by atoms with Crippen LogP contribution in [0.4, 0.5) is 23.7 Å². The van der Waals surface area contributed by atoms with E-state index in [9.17, 15) is 22.8 Å². The van der Waals surface area contributed by atoms with Crippen LogP contribution in [0.3, 0.4) is 0 Å². The summed E-state index contributed by atoms with van der Waals surface area (Å²) in [5.74, 6) is -1.35. The van der Waals surface area contributed by atoms with Gasteiger partial charge in [-0.05, 0) is 30.7 Å². The van der Waals surface area contributed by atoms with Gasteiger partial charge in [0.25, 0.3) is 0 Å². The molecule has 0 aliphatic carbocycles. The Morgan fingerprint density at radius 1 is 1.19 bits per heavy atom. The average Bonchev–Trinajstić information content (AvgIpc) is 2.35. The fourth-order valence-electron chi connectivity index (χ4n) is 1.36. The van der Waals surface area contributed by atoms with Gasteiger partial charge >= 0.3 is 18.4 Å². The molecule has 0 bridgehead atoms. The number of ether oxygens (including phenoxy) is 1. The number of hydrogen-bond donors (Lipinski definition) is 3. The zero-order chi connectivity index (χ0) is 15.9. The van der Waals surface area contributed by atoms with E-state index < -0.39 is 24.1 Å². The minimum Gasteiger partial charge on any atom is -0.481 e. The van der Waals surface area contributed by atoms with E-state index in [2.05, 4.69) is 15.4 Å². The molecule has 0 saturated carbocycles. The standard InChI is InChI=1S/C12H13F3N2O4/c13-12(14,15)21-9-5-3-8(4-6-9)17-11(20)16-7-1-2-10(18)19/h3-6H,1-2,7H2,(H,18,19)(H2,16,17,20). The SMILES string of the molecule is O=C(O)CCCNC(=O)Nc1ccc(OC(F)(F)F)cc1. The molecule has 0 saturated heterocycles. The molecule has 0 atom stereocenters. The number of anilines is 1. The number of halogens is 3. The van der Waals surface area contributed by atoms with E-state index in [0.717, 1.165) is 12.1 Å². The molecule has 9 heteroatoms. The fourth-order valence-corrected chi connectivity index (χ4v) is 1.36. The molecule has 0 radical (unpaired) electrons. The Morgan fingerprint density at radius 3 is 2.33 bits per heavy atom. The van der Waals surface area contributed by atoms with Crippen LogP contribution in [0.2, 0.25) is 0 Å². The van der Waals surface area contributed by atoms with Crippen molar-refractivity contribution < 1.29 is 32.6 Å². The van der Waals surface area contributed by atoms with E-state index in [1.165, 1.54) is 12.1 Å². The number of alkyl halides is 3. The Balaban J connectivity index is 2.37. The minimum absolute atomic E-state index is 0.0657. The summed E-state index contributed by atoms with van der Waals surface area (Å²) in [6.45, 7) is 0.174. The van der Waals surface area contributed by atoms with E-state index in [-0.39, 0.29) is 25.1 Å². The van der Waals surface area contributed by atoms with Gasteiger partial charge in [-0.1, -0.05) is 0 Å². The molecule has 0 fully saturated rings. The first-order valence-electron chi connectivity index (χ1n) is 5.89. The highest BCUT2D eigenvalue weighted by Gasteiger charge is 2.30. The molecule has 0 aromatic heterocycles. The van der Waals surface area contributed by atoms with Gasteiger partial charge < -0.3 is 20.5 Å². The number of nitrogens with one attached hydrogen (secondary N) is 2. The summed E-state index contributed by atoms with van der Waals surface area (Å²) in [5.41, 5.74) is 0.278. The van der Waals surface area contributed by atoms with Crippen molar-refractivity contribution in [2.75, 3.05) is 11.9 Å². The highest BCUT2D eigenvalue weighted by atomic mass is 19.4. The number of urea groups is 1. The van der Waals surface area contributed by atoms with Gasteiger partial charge in [0.05, 0.1) is 0 Å². The lowest BCUT2D eigenvalue weighted by molar-refractivity contribution is -0.274. The number of carbonyl (C=O) groups excluding carboxylic acids is 1. The Labute approximate surface area is 117 Å². The van der Waals surface area contributed by atoms with Crippen molar-refractivity contribution >= 4 is 17.7 Å². The first-order valence-corrected chi connectivity index (χ1v) is 5.89. The number of carboxylic acid groups (broad SMARTS) is 1. The topological polar surface area (TPSA) is 87.7 Å². The molecule has 1 aromatic rings. The van der Waals surface area contributed by atoms with Crippen molar-refractivity contribution in [1.82, 2.24) is 5.32 Å². The summed E-state index contributed by atoms with van der Waals surface area (Å²) in [6, 6.07) is 4.04. The molecule has 0 aliphatic heterocycles. The van der Waals surface area contributed by atoms with Gasteiger partial charge in [0, 0.05) is 18.7 Å². The summed E-state index contributed by atoms with van der Waals surface area (Å²) in [5, 5.41) is 13.2. The van der Waals surface area contributed by atoms with Crippen molar-refractivity contribution in [3.05, 3.63) is 24.3 Å². The van der Waals surface area contributed by atoms with Gasteiger partial charge in [-0.25, -0.2) is 4.79 Å². The number of amides is 2. The maximum absolute atomic E-state index is 11.9. The third-order valence-electron chi connectivity index (χ3n) is 2.20. The second-order valence-electron chi connectivity index (χ2n) is 3.95. The van der Waals surface area contributed by atoms with E-state index in [4.69, 9.17) is 5.11 Å². The molecule has 0 aliphatic rings. The van der Waals surface area contributed by atoms with E-state index >= 15 is 0 Å². The largest absolute Gasteiger partial charge is 0.573 e. The summed E-state index contributed by atoms with van der Waals surface area (Å²) in [4.78, 5) is 21.6. The zero-order valence-electron chi connectivity index (χ0n) is 10.7. The van der Waals surface area contributed by atoms with Crippen LogP contribution < -0.4 is 15.4 Å². The van der Waals surface area contributed by atoms with Crippen LogP contribution in [0.5, 0.6) is 5.75 Å². The first-order chi connectivity index (χ1) is 9.76. The molecule has 2 amide bonds. The molecule has 0 spiro atoms. The smallest absolute Gasteiger partial charge is 0.481 e. The van der Waals surface area contributed by atoms with Crippen LogP contribution in [-0.2, 0) is 4.79 Å². The van der Waals surface area contributed by atoms with Crippen molar-refractivity contribution in [2.24, 2.45) is 0 Å². The second-order valence-corrected chi connectivity index (χ2v) is 3.95. The van der Waals surface area contributed by atoms with Gasteiger partial charge in [-0.3, -0.25) is 4.79 Å². The first kappa shape index (κ1) is 16.6. The molecule has 1 rings (SSSR count). The lowest BCUT2D eigenvalue weighted by Gasteiger charge is -2.10. The molecule has 6 nitrogen and oxygen atoms in total. The molecule has 21 heavy (non-hydrogen) atoms. The number of carboxylic acids is 1. The second kappa shape index (κ2) is 7.36. The highest BCUT2D eigenvalue weighted by molar-refractivity contribution is 5.89. The van der Waals surface area contributed by atoms with Crippen molar-refractivity contribution in [2.45, 2.75) is 19.2 Å². The van der Waals surface area contributed by atoms with E-state index in [0.29, 0.717) is 0 Å². The van der Waals surface area contributed by atoms with Crippen molar-refractivity contribution in [3.8, 4) is 5.75 Å². The number of rotatable bonds is 6. The van der Waals surface area contributed by atoms with Crippen molar-refractivity contribution in [1.29, 1.82) is 0 Å². The van der Waals surface area contributed by atoms with Gasteiger partial charge in [0.2, 0.25) is 0 Å². The highest BCUT2D eigenvalue weighted by Crippen LogP contribution is 2.23. The number of aliphatic carboxylic acids is 1. The average molecular weight is 306 g/mol. The zero-order valence-corrected chi connectivity index (χ0v) is 10.7. The summed E-state index contributed by atoms with van der Waals surface area (Å²) in [6.07, 6.45) is -4.55. The van der Waals surface area contributed by atoms with Crippen LogP contribution >= 0.6 is 0 Å². The van der Waals surface area contributed by atoms with Crippen LogP contribution in [0, 0.1) is 0 Å². The molecule has 116 valence electrons. The lowest BCUT2D eigenvalue weighted by Crippen LogP contribution is -2.29. The van der Waals surface area contributed by atoms with Crippen LogP contribution in [0.1, 0.15) is 12.8 Å². The Bertz CT molecular complexity index is 488. The van der Waals surface area contributed by atoms with Gasteiger partial charge in [0.15, 0.2) is 0 Å². The third kappa shape index (κ3) is 7.65. The Hall–Kier alpha value is -2.45. The van der Waals surface area contributed by atoms with Crippen LogP contribution in [0.15, 0.2) is 24.3 Å². The van der Waals surface area contributed by atoms with Gasteiger partial charge in [-0.2, -0.15) is 0 Å². The summed E-state index contributed by atoms with van der Waals surface area (Å²) >= 11 is 0. The monoisotopic (exact) mass is 306 g/mol. The van der Waals surface area contributed by atoms with Gasteiger partial charge in [-0.15, -0.1) is 13.2 Å². The minimum atomic E-state index is -4.77. The molecule has 1 aromatic carbocycles. The number of hydrogen-bond acceptors (Lipinski definition) is 3. The van der Waals surface area contributed by atoms with Gasteiger partial charge in [0.1, 0.15) is 5.75 Å². The molecule has 0 unspecified atom stereocenters. The molecule has 3 N–H and O–H groups in total. The Kier molecular flexibility index (Phi) is 5.82. The van der Waals surface area contributed by atoms with E-state index in [1.54, 1.807) is 0 Å². The lowest BCUT2D eigenvalue weighted by atomic mass is 10.3. The normalized spacial score (nSPS) is 10.8. The number of benzene rings is 1. The van der Waals surface area contributed by atoms with Crippen LogP contribution in [-0.4, -0.2) is 30.0 Å². The summed E-state index contributed by atoms with van der Waals surface area (Å²) < 4.78 is 39.5. The maximum atomic E-state index is 11.9.